The molecule has 2 aromatic carbocycles. The number of hydrogen-bond donors (Lipinski definition) is 3. The topological polar surface area (TPSA) is 115 Å². The van der Waals surface area contributed by atoms with Crippen molar-refractivity contribution < 1.29 is 9.59 Å². The van der Waals surface area contributed by atoms with Crippen LogP contribution in [0.3, 0.4) is 0 Å². The van der Waals surface area contributed by atoms with E-state index in [-0.39, 0.29) is 24.2 Å². The van der Waals surface area contributed by atoms with E-state index in [0.29, 0.717) is 16.8 Å². The van der Waals surface area contributed by atoms with Crippen LogP contribution in [0.25, 0.3) is 0 Å². The summed E-state index contributed by atoms with van der Waals surface area (Å²) in [5.74, 6) is -0.414. The van der Waals surface area contributed by atoms with Crippen LogP contribution in [0.5, 0.6) is 0 Å². The van der Waals surface area contributed by atoms with E-state index < -0.39 is 11.2 Å². The molecule has 3 N–H and O–H groups in total. The number of carbonyl (C=O) groups is 2. The molecule has 0 radical (unpaired) electrons. The average Bonchev–Trinajstić information content (AvgIpc) is 2.87. The minimum absolute atomic E-state index is 0.119. The number of aromatic nitrogens is 2. The van der Waals surface area contributed by atoms with Crippen LogP contribution in [0.15, 0.2) is 64.2 Å². The van der Waals surface area contributed by atoms with Crippen molar-refractivity contribution in [1.82, 2.24) is 14.9 Å². The van der Waals surface area contributed by atoms with Gasteiger partial charge in [0, 0.05) is 11.8 Å². The first-order valence-corrected chi connectivity index (χ1v) is 8.16. The van der Waals surface area contributed by atoms with Crippen LogP contribution in [0, 0.1) is 0 Å². The normalized spacial score (nSPS) is 13.0. The summed E-state index contributed by atoms with van der Waals surface area (Å²) in [5, 5.41) is 2.93. The Bertz CT molecular complexity index is 1120. The molecule has 0 saturated carbocycles. The lowest BCUT2D eigenvalue weighted by atomic mass is 10.1. The fourth-order valence-electron chi connectivity index (χ4n) is 3.00. The fourth-order valence-corrected chi connectivity index (χ4v) is 3.00. The van der Waals surface area contributed by atoms with Crippen LogP contribution in [-0.4, -0.2) is 26.7 Å². The maximum atomic E-state index is 12.5. The Hall–Kier alpha value is -3.94. The van der Waals surface area contributed by atoms with Crippen molar-refractivity contribution in [1.29, 1.82) is 0 Å². The number of nitrogens with one attached hydrogen (secondary N) is 3. The average molecular weight is 362 g/mol. The van der Waals surface area contributed by atoms with Crippen molar-refractivity contribution in [2.75, 3.05) is 5.32 Å². The molecule has 0 spiro atoms. The molecule has 0 saturated heterocycles. The maximum Gasteiger partial charge on any atom is 0.327 e. The molecule has 8 nitrogen and oxygen atoms in total. The number of carbonyl (C=O) groups excluding carboxylic acids is 2. The van der Waals surface area contributed by atoms with Crippen LogP contribution >= 0.6 is 0 Å². The highest BCUT2D eigenvalue weighted by Gasteiger charge is 2.34. The van der Waals surface area contributed by atoms with Gasteiger partial charge in [0.05, 0.1) is 17.7 Å². The standard InChI is InChI=1S/C19H14N4O4/c24-16-9-15(21-19(27)22-16)20-12-5-3-4-11(8-12)10-23-17(25)13-6-1-2-7-14(13)18(23)26/h1-9H,10H2,(H3,20,21,22,24,27). The van der Waals surface area contributed by atoms with Crippen molar-refractivity contribution >= 4 is 23.3 Å². The zero-order valence-corrected chi connectivity index (χ0v) is 14.0. The molecular weight excluding hydrogens is 348 g/mol. The molecule has 0 atom stereocenters. The summed E-state index contributed by atoms with van der Waals surface area (Å²) in [6.07, 6.45) is 0. The molecule has 4 rings (SSSR count). The summed E-state index contributed by atoms with van der Waals surface area (Å²) in [5.41, 5.74) is 0.985. The second-order valence-corrected chi connectivity index (χ2v) is 6.07. The fraction of sp³-hybridized carbons (Fsp3) is 0.0526. The van der Waals surface area contributed by atoms with E-state index in [4.69, 9.17) is 0 Å². The summed E-state index contributed by atoms with van der Waals surface area (Å²) >= 11 is 0. The van der Waals surface area contributed by atoms with Crippen LogP contribution in [0.2, 0.25) is 0 Å². The van der Waals surface area contributed by atoms with Crippen LogP contribution in [0.4, 0.5) is 11.5 Å². The SMILES string of the molecule is O=C1c2ccccc2C(=O)N1Cc1cccc(Nc2cc(=O)[nH]c(=O)[nH]2)c1. The largest absolute Gasteiger partial charge is 0.342 e. The van der Waals surface area contributed by atoms with Gasteiger partial charge in [0.15, 0.2) is 0 Å². The lowest BCUT2D eigenvalue weighted by Crippen LogP contribution is -2.29. The van der Waals surface area contributed by atoms with Crippen molar-refractivity contribution in [3.8, 4) is 0 Å². The van der Waals surface area contributed by atoms with E-state index in [9.17, 15) is 19.2 Å². The molecule has 2 heterocycles. The number of hydrogen-bond acceptors (Lipinski definition) is 5. The van der Waals surface area contributed by atoms with Gasteiger partial charge >= 0.3 is 5.69 Å². The van der Waals surface area contributed by atoms with Crippen molar-refractivity contribution in [3.63, 3.8) is 0 Å². The molecule has 8 heteroatoms. The third kappa shape index (κ3) is 3.15. The van der Waals surface area contributed by atoms with Gasteiger partial charge in [-0.15, -0.1) is 0 Å². The minimum Gasteiger partial charge on any atom is -0.342 e. The number of fused-ring (bicyclic) bond motifs is 1. The molecule has 0 unspecified atom stereocenters. The number of rotatable bonds is 4. The highest BCUT2D eigenvalue weighted by molar-refractivity contribution is 6.21. The molecule has 3 aromatic rings. The van der Waals surface area contributed by atoms with Gasteiger partial charge < -0.3 is 5.32 Å². The first kappa shape index (κ1) is 16.5. The molecule has 1 aliphatic heterocycles. The molecular formula is C19H14N4O4. The number of amides is 2. The van der Waals surface area contributed by atoms with Crippen molar-refractivity contribution in [2.24, 2.45) is 0 Å². The van der Waals surface area contributed by atoms with Crippen LogP contribution in [-0.2, 0) is 6.54 Å². The van der Waals surface area contributed by atoms with E-state index in [1.165, 1.54) is 11.0 Å². The van der Waals surface area contributed by atoms with Gasteiger partial charge in [-0.05, 0) is 29.8 Å². The van der Waals surface area contributed by atoms with Gasteiger partial charge in [-0.1, -0.05) is 24.3 Å². The number of nitrogens with zero attached hydrogens (tertiary/aromatic N) is 1. The first-order chi connectivity index (χ1) is 13.0. The predicted molar refractivity (Wildman–Crippen MR) is 98.1 cm³/mol. The Kier molecular flexibility index (Phi) is 3.92. The number of aromatic amines is 2. The maximum absolute atomic E-state index is 12.5. The highest BCUT2D eigenvalue weighted by atomic mass is 16.2. The molecule has 0 aliphatic carbocycles. The summed E-state index contributed by atoms with van der Waals surface area (Å²) < 4.78 is 0. The molecule has 134 valence electrons. The Labute approximate surface area is 152 Å². The van der Waals surface area contributed by atoms with Gasteiger partial charge in [0.25, 0.3) is 17.4 Å². The summed E-state index contributed by atoms with van der Waals surface area (Å²) in [7, 11) is 0. The zero-order valence-electron chi connectivity index (χ0n) is 14.0. The summed E-state index contributed by atoms with van der Waals surface area (Å²) in [6, 6.07) is 15.0. The van der Waals surface area contributed by atoms with E-state index in [0.717, 1.165) is 5.56 Å². The molecule has 0 bridgehead atoms. The molecule has 27 heavy (non-hydrogen) atoms. The number of anilines is 2. The van der Waals surface area contributed by atoms with Crippen LogP contribution < -0.4 is 16.6 Å². The van der Waals surface area contributed by atoms with Gasteiger partial charge in [0.2, 0.25) is 0 Å². The van der Waals surface area contributed by atoms with Gasteiger partial charge in [-0.3, -0.25) is 29.3 Å². The number of H-pyrrole nitrogens is 2. The van der Waals surface area contributed by atoms with Gasteiger partial charge in [-0.2, -0.15) is 0 Å². The molecule has 2 amide bonds. The lowest BCUT2D eigenvalue weighted by molar-refractivity contribution is 0.0642. The Balaban J connectivity index is 1.57. The molecule has 0 fully saturated rings. The minimum atomic E-state index is -0.618. The van der Waals surface area contributed by atoms with E-state index in [1.807, 2.05) is 0 Å². The Morgan fingerprint density at radius 2 is 1.52 bits per heavy atom. The number of imide groups is 1. The smallest absolute Gasteiger partial charge is 0.327 e. The zero-order chi connectivity index (χ0) is 19.0. The first-order valence-electron chi connectivity index (χ1n) is 8.16. The van der Waals surface area contributed by atoms with E-state index in [1.54, 1.807) is 48.5 Å². The second kappa shape index (κ2) is 6.41. The van der Waals surface area contributed by atoms with Crippen LogP contribution in [0.1, 0.15) is 26.3 Å². The van der Waals surface area contributed by atoms with Gasteiger partial charge in [0.1, 0.15) is 5.82 Å². The third-order valence-corrected chi connectivity index (χ3v) is 4.19. The Morgan fingerprint density at radius 3 is 2.19 bits per heavy atom. The van der Waals surface area contributed by atoms with E-state index in [2.05, 4.69) is 15.3 Å². The quantitative estimate of drug-likeness (QED) is 0.610. The molecule has 1 aromatic heterocycles. The highest BCUT2D eigenvalue weighted by Crippen LogP contribution is 2.25. The molecule has 1 aliphatic rings. The second-order valence-electron chi connectivity index (χ2n) is 6.07. The monoisotopic (exact) mass is 362 g/mol. The predicted octanol–water partition coefficient (Wildman–Crippen LogP) is 1.60. The number of benzene rings is 2. The summed E-state index contributed by atoms with van der Waals surface area (Å²) in [4.78, 5) is 53.4. The van der Waals surface area contributed by atoms with E-state index >= 15 is 0 Å². The third-order valence-electron chi connectivity index (χ3n) is 4.19. The van der Waals surface area contributed by atoms with Crippen molar-refractivity contribution in [3.05, 3.63) is 92.1 Å². The van der Waals surface area contributed by atoms with Gasteiger partial charge in [-0.25, -0.2) is 4.79 Å². The Morgan fingerprint density at radius 1 is 0.815 bits per heavy atom. The lowest BCUT2D eigenvalue weighted by Gasteiger charge is -2.15. The van der Waals surface area contributed by atoms with Crippen molar-refractivity contribution in [2.45, 2.75) is 6.54 Å². The summed E-state index contributed by atoms with van der Waals surface area (Å²) in [6.45, 7) is 0.119.